The summed E-state index contributed by atoms with van der Waals surface area (Å²) in [7, 11) is 0. The summed E-state index contributed by atoms with van der Waals surface area (Å²) in [6.07, 6.45) is 4.14. The van der Waals surface area contributed by atoms with Crippen LogP contribution in [0.4, 0.5) is 0 Å². The van der Waals surface area contributed by atoms with E-state index >= 15 is 0 Å². The fourth-order valence-corrected chi connectivity index (χ4v) is 2.35. The Morgan fingerprint density at radius 1 is 1.33 bits per heavy atom. The quantitative estimate of drug-likeness (QED) is 0.887. The number of hydrogen-bond donors (Lipinski definition) is 2. The van der Waals surface area contributed by atoms with E-state index in [-0.39, 0.29) is 24.3 Å². The molecule has 0 atom stereocenters. The van der Waals surface area contributed by atoms with Crippen LogP contribution in [0.3, 0.4) is 0 Å². The zero-order valence-electron chi connectivity index (χ0n) is 12.7. The fraction of sp³-hybridized carbons (Fsp3) is 0.600. The minimum absolute atomic E-state index is 0.123. The van der Waals surface area contributed by atoms with Crippen molar-refractivity contribution >= 4 is 11.9 Å². The van der Waals surface area contributed by atoms with Crippen LogP contribution in [0.15, 0.2) is 18.5 Å². The summed E-state index contributed by atoms with van der Waals surface area (Å²) >= 11 is 0. The van der Waals surface area contributed by atoms with Gasteiger partial charge in [0.25, 0.3) is 5.91 Å². The predicted molar refractivity (Wildman–Crippen MR) is 77.3 cm³/mol. The summed E-state index contributed by atoms with van der Waals surface area (Å²) in [5.41, 5.74) is -0.877. The molecule has 0 aliphatic carbocycles. The molecule has 21 heavy (non-hydrogen) atoms. The number of rotatable bonds is 3. The van der Waals surface area contributed by atoms with Gasteiger partial charge in [-0.25, -0.2) is 4.79 Å². The highest BCUT2D eigenvalue weighted by Gasteiger charge is 2.41. The molecular weight excluding hydrogens is 272 g/mol. The van der Waals surface area contributed by atoms with Gasteiger partial charge < -0.3 is 19.7 Å². The molecule has 0 spiro atoms. The largest absolute Gasteiger partial charge is 0.480 e. The highest BCUT2D eigenvalue weighted by atomic mass is 16.5. The first-order chi connectivity index (χ1) is 9.74. The van der Waals surface area contributed by atoms with E-state index in [4.69, 9.17) is 4.74 Å². The minimum Gasteiger partial charge on any atom is -0.480 e. The molecule has 6 heteroatoms. The van der Waals surface area contributed by atoms with Crippen LogP contribution in [0.25, 0.3) is 0 Å². The number of nitrogens with one attached hydrogen (secondary N) is 1. The van der Waals surface area contributed by atoms with Gasteiger partial charge in [-0.05, 0) is 26.8 Å². The number of nitrogens with zero attached hydrogens (tertiary/aromatic N) is 1. The van der Waals surface area contributed by atoms with Gasteiger partial charge in [0.05, 0.1) is 5.56 Å². The predicted octanol–water partition coefficient (Wildman–Crippen LogP) is 1.61. The summed E-state index contributed by atoms with van der Waals surface area (Å²) in [5.74, 6) is -1.36. The van der Waals surface area contributed by atoms with Crippen molar-refractivity contribution in [2.24, 2.45) is 0 Å². The molecule has 0 aromatic carbocycles. The Bertz CT molecular complexity index is 536. The fourth-order valence-electron chi connectivity index (χ4n) is 2.35. The highest BCUT2D eigenvalue weighted by molar-refractivity contribution is 5.97. The third-order valence-electron chi connectivity index (χ3n) is 3.84. The summed E-state index contributed by atoms with van der Waals surface area (Å²) in [6.45, 7) is 6.79. The standard InChI is InChI=1S/C15H22N2O4/c1-14(2,3)17-7-4-11(10-17)12(18)16-15(13(19)20)5-8-21-9-6-15/h4,7,10H,5-6,8-9H2,1-3H3,(H,16,18)(H,19,20). The van der Waals surface area contributed by atoms with Crippen molar-refractivity contribution in [2.75, 3.05) is 13.2 Å². The van der Waals surface area contributed by atoms with Crippen LogP contribution in [0.5, 0.6) is 0 Å². The van der Waals surface area contributed by atoms with Gasteiger partial charge in [0, 0.05) is 44.0 Å². The van der Waals surface area contributed by atoms with Gasteiger partial charge in [0.2, 0.25) is 0 Å². The average molecular weight is 294 g/mol. The molecule has 0 bridgehead atoms. The second-order valence-corrected chi connectivity index (χ2v) is 6.43. The van der Waals surface area contributed by atoms with Crippen LogP contribution in [0.2, 0.25) is 0 Å². The Kier molecular flexibility index (Phi) is 4.09. The van der Waals surface area contributed by atoms with E-state index in [2.05, 4.69) is 5.32 Å². The molecule has 116 valence electrons. The lowest BCUT2D eigenvalue weighted by Gasteiger charge is -2.33. The van der Waals surface area contributed by atoms with Gasteiger partial charge in [0.1, 0.15) is 5.54 Å². The summed E-state index contributed by atoms with van der Waals surface area (Å²) in [6, 6.07) is 1.70. The molecule has 2 heterocycles. The third-order valence-corrected chi connectivity index (χ3v) is 3.84. The highest BCUT2D eigenvalue weighted by Crippen LogP contribution is 2.22. The van der Waals surface area contributed by atoms with E-state index in [1.165, 1.54) is 0 Å². The number of carbonyl (C=O) groups excluding carboxylic acids is 1. The molecule has 0 radical (unpaired) electrons. The van der Waals surface area contributed by atoms with Gasteiger partial charge >= 0.3 is 5.97 Å². The van der Waals surface area contributed by atoms with Crippen LogP contribution < -0.4 is 5.32 Å². The Morgan fingerprint density at radius 2 is 1.95 bits per heavy atom. The van der Waals surface area contributed by atoms with Gasteiger partial charge in [-0.3, -0.25) is 4.79 Å². The van der Waals surface area contributed by atoms with E-state index in [1.807, 2.05) is 31.5 Å². The maximum Gasteiger partial charge on any atom is 0.329 e. The van der Waals surface area contributed by atoms with E-state index in [0.29, 0.717) is 18.8 Å². The van der Waals surface area contributed by atoms with Crippen molar-refractivity contribution in [3.8, 4) is 0 Å². The summed E-state index contributed by atoms with van der Waals surface area (Å²) < 4.78 is 7.12. The van der Waals surface area contributed by atoms with Crippen molar-refractivity contribution in [3.63, 3.8) is 0 Å². The first kappa shape index (κ1) is 15.6. The number of carboxylic acid groups (broad SMARTS) is 1. The molecule has 6 nitrogen and oxygen atoms in total. The van der Waals surface area contributed by atoms with E-state index in [0.717, 1.165) is 0 Å². The van der Waals surface area contributed by atoms with Crippen LogP contribution in [0, 0.1) is 0 Å². The van der Waals surface area contributed by atoms with Crippen LogP contribution in [-0.4, -0.2) is 40.3 Å². The molecular formula is C15H22N2O4. The lowest BCUT2D eigenvalue weighted by atomic mass is 9.90. The molecule has 1 amide bonds. The minimum atomic E-state index is -1.22. The molecule has 1 aromatic heterocycles. The summed E-state index contributed by atoms with van der Waals surface area (Å²) in [4.78, 5) is 23.9. The average Bonchev–Trinajstić information content (AvgIpc) is 2.89. The number of hydrogen-bond acceptors (Lipinski definition) is 3. The Labute approximate surface area is 124 Å². The first-order valence-electron chi connectivity index (χ1n) is 7.07. The van der Waals surface area contributed by atoms with E-state index in [9.17, 15) is 14.7 Å². The monoisotopic (exact) mass is 294 g/mol. The van der Waals surface area contributed by atoms with Crippen molar-refractivity contribution in [3.05, 3.63) is 24.0 Å². The lowest BCUT2D eigenvalue weighted by molar-refractivity contribution is -0.148. The van der Waals surface area contributed by atoms with Crippen LogP contribution >= 0.6 is 0 Å². The smallest absolute Gasteiger partial charge is 0.329 e. The van der Waals surface area contributed by atoms with E-state index in [1.54, 1.807) is 12.3 Å². The SMILES string of the molecule is CC(C)(C)n1ccc(C(=O)NC2(C(=O)O)CCOCC2)c1. The molecule has 0 unspecified atom stereocenters. The molecule has 1 aromatic rings. The van der Waals surface area contributed by atoms with Crippen LogP contribution in [0.1, 0.15) is 44.0 Å². The van der Waals surface area contributed by atoms with Crippen molar-refractivity contribution < 1.29 is 19.4 Å². The molecule has 1 aliphatic heterocycles. The Hall–Kier alpha value is -1.82. The molecule has 2 N–H and O–H groups in total. The zero-order valence-corrected chi connectivity index (χ0v) is 12.7. The molecule has 1 fully saturated rings. The topological polar surface area (TPSA) is 80.6 Å². The number of ether oxygens (including phenoxy) is 1. The summed E-state index contributed by atoms with van der Waals surface area (Å²) in [5, 5.41) is 12.1. The van der Waals surface area contributed by atoms with Crippen molar-refractivity contribution in [1.29, 1.82) is 0 Å². The maximum absolute atomic E-state index is 12.3. The molecule has 0 saturated carbocycles. The van der Waals surface area contributed by atoms with Crippen molar-refractivity contribution in [1.82, 2.24) is 9.88 Å². The number of carboxylic acids is 1. The third kappa shape index (κ3) is 3.26. The Morgan fingerprint density at radius 3 is 2.43 bits per heavy atom. The number of carbonyl (C=O) groups is 2. The van der Waals surface area contributed by atoms with Gasteiger partial charge in [-0.1, -0.05) is 0 Å². The Balaban J connectivity index is 2.16. The van der Waals surface area contributed by atoms with Crippen LogP contribution in [-0.2, 0) is 15.1 Å². The number of aromatic nitrogens is 1. The van der Waals surface area contributed by atoms with Gasteiger partial charge in [-0.15, -0.1) is 0 Å². The van der Waals surface area contributed by atoms with E-state index < -0.39 is 11.5 Å². The first-order valence-corrected chi connectivity index (χ1v) is 7.07. The van der Waals surface area contributed by atoms with Crippen molar-refractivity contribution in [2.45, 2.75) is 44.7 Å². The van der Waals surface area contributed by atoms with Gasteiger partial charge in [-0.2, -0.15) is 0 Å². The molecule has 1 aliphatic rings. The second kappa shape index (κ2) is 5.52. The lowest BCUT2D eigenvalue weighted by Crippen LogP contribution is -2.57. The second-order valence-electron chi connectivity index (χ2n) is 6.43. The number of aliphatic carboxylic acids is 1. The zero-order chi connectivity index (χ0) is 15.7. The number of amides is 1. The molecule has 2 rings (SSSR count). The van der Waals surface area contributed by atoms with Gasteiger partial charge in [0.15, 0.2) is 0 Å². The molecule has 1 saturated heterocycles. The maximum atomic E-state index is 12.3. The normalized spacial score (nSPS) is 18.2.